The Morgan fingerprint density at radius 3 is 2.25 bits per heavy atom. The van der Waals surface area contributed by atoms with E-state index >= 15 is 0 Å². The lowest BCUT2D eigenvalue weighted by Crippen LogP contribution is -2.30. The van der Waals surface area contributed by atoms with Crippen LogP contribution >= 0.6 is 11.6 Å². The van der Waals surface area contributed by atoms with Crippen LogP contribution in [0.25, 0.3) is 0 Å². The standard InChI is InChI=1S/C10H14ClN/c1-7-5-4-6-8(11)9(7)10(2,3)12/h4-6H,12H2,1-3H3. The van der Waals surface area contributed by atoms with Gasteiger partial charge in [0.25, 0.3) is 0 Å². The first-order valence-corrected chi connectivity index (χ1v) is 4.35. The van der Waals surface area contributed by atoms with Crippen LogP contribution in [0, 0.1) is 6.92 Å². The van der Waals surface area contributed by atoms with Crippen molar-refractivity contribution in [3.63, 3.8) is 0 Å². The summed E-state index contributed by atoms with van der Waals surface area (Å²) >= 11 is 6.03. The van der Waals surface area contributed by atoms with Gasteiger partial charge in [-0.3, -0.25) is 0 Å². The largest absolute Gasteiger partial charge is 0.322 e. The van der Waals surface area contributed by atoms with Gasteiger partial charge in [-0.15, -0.1) is 0 Å². The molecule has 0 aliphatic heterocycles. The molecular weight excluding hydrogens is 170 g/mol. The van der Waals surface area contributed by atoms with E-state index in [2.05, 4.69) is 0 Å². The predicted octanol–water partition coefficient (Wildman–Crippen LogP) is 2.84. The molecule has 0 spiro atoms. The Morgan fingerprint density at radius 2 is 1.92 bits per heavy atom. The van der Waals surface area contributed by atoms with E-state index in [1.54, 1.807) is 0 Å². The molecule has 0 bridgehead atoms. The summed E-state index contributed by atoms with van der Waals surface area (Å²) in [5.74, 6) is 0. The van der Waals surface area contributed by atoms with Crippen LogP contribution in [0.15, 0.2) is 18.2 Å². The van der Waals surface area contributed by atoms with E-state index in [4.69, 9.17) is 17.3 Å². The molecule has 0 saturated carbocycles. The van der Waals surface area contributed by atoms with Gasteiger partial charge in [0.15, 0.2) is 0 Å². The molecule has 1 aromatic rings. The molecule has 0 aliphatic carbocycles. The Bertz CT molecular complexity index is 266. The van der Waals surface area contributed by atoms with Crippen LogP contribution < -0.4 is 5.73 Å². The molecule has 0 fully saturated rings. The highest BCUT2D eigenvalue weighted by Gasteiger charge is 2.19. The van der Waals surface area contributed by atoms with Gasteiger partial charge in [0.1, 0.15) is 0 Å². The second-order valence-electron chi connectivity index (χ2n) is 3.65. The first kappa shape index (κ1) is 9.56. The maximum absolute atomic E-state index is 6.03. The molecule has 1 rings (SSSR count). The molecule has 0 aliphatic rings. The van der Waals surface area contributed by atoms with Crippen LogP contribution in [0.4, 0.5) is 0 Å². The molecule has 0 atom stereocenters. The van der Waals surface area contributed by atoms with E-state index in [1.807, 2.05) is 39.0 Å². The van der Waals surface area contributed by atoms with Crippen molar-refractivity contribution in [2.45, 2.75) is 26.3 Å². The van der Waals surface area contributed by atoms with Gasteiger partial charge in [0, 0.05) is 10.6 Å². The third kappa shape index (κ3) is 1.79. The number of hydrogen-bond donors (Lipinski definition) is 1. The lowest BCUT2D eigenvalue weighted by molar-refractivity contribution is 0.551. The molecule has 0 amide bonds. The van der Waals surface area contributed by atoms with Gasteiger partial charge in [0.05, 0.1) is 0 Å². The van der Waals surface area contributed by atoms with Crippen LogP contribution in [0.3, 0.4) is 0 Å². The predicted molar refractivity (Wildman–Crippen MR) is 53.4 cm³/mol. The summed E-state index contributed by atoms with van der Waals surface area (Å²) in [6.07, 6.45) is 0. The van der Waals surface area contributed by atoms with Gasteiger partial charge < -0.3 is 5.73 Å². The number of rotatable bonds is 1. The quantitative estimate of drug-likeness (QED) is 0.712. The molecule has 0 aromatic heterocycles. The summed E-state index contributed by atoms with van der Waals surface area (Å²) in [7, 11) is 0. The normalized spacial score (nSPS) is 11.8. The first-order chi connectivity index (χ1) is 5.43. The van der Waals surface area contributed by atoms with Crippen molar-refractivity contribution in [1.29, 1.82) is 0 Å². The second-order valence-corrected chi connectivity index (χ2v) is 4.06. The highest BCUT2D eigenvalue weighted by atomic mass is 35.5. The molecule has 0 radical (unpaired) electrons. The molecular formula is C10H14ClN. The fraction of sp³-hybridized carbons (Fsp3) is 0.400. The number of nitrogens with two attached hydrogens (primary N) is 1. The molecule has 0 saturated heterocycles. The third-order valence-electron chi connectivity index (χ3n) is 1.87. The van der Waals surface area contributed by atoms with E-state index in [0.29, 0.717) is 0 Å². The molecule has 1 nitrogen and oxygen atoms in total. The van der Waals surface area contributed by atoms with Crippen LogP contribution in [0.5, 0.6) is 0 Å². The smallest absolute Gasteiger partial charge is 0.0459 e. The van der Waals surface area contributed by atoms with Crippen molar-refractivity contribution in [1.82, 2.24) is 0 Å². The lowest BCUT2D eigenvalue weighted by atomic mass is 9.91. The summed E-state index contributed by atoms with van der Waals surface area (Å²) in [6, 6.07) is 5.83. The minimum absolute atomic E-state index is 0.359. The van der Waals surface area contributed by atoms with E-state index < -0.39 is 0 Å². The maximum Gasteiger partial charge on any atom is 0.0459 e. The highest BCUT2D eigenvalue weighted by Crippen LogP contribution is 2.28. The fourth-order valence-corrected chi connectivity index (χ4v) is 1.91. The van der Waals surface area contributed by atoms with Gasteiger partial charge in [0.2, 0.25) is 0 Å². The molecule has 2 N–H and O–H groups in total. The molecule has 0 unspecified atom stereocenters. The molecule has 2 heteroatoms. The van der Waals surface area contributed by atoms with Crippen LogP contribution in [-0.4, -0.2) is 0 Å². The fourth-order valence-electron chi connectivity index (χ4n) is 1.45. The minimum Gasteiger partial charge on any atom is -0.322 e. The van der Waals surface area contributed by atoms with E-state index in [-0.39, 0.29) is 5.54 Å². The molecule has 1 aromatic carbocycles. The van der Waals surface area contributed by atoms with E-state index in [1.165, 1.54) is 0 Å². The van der Waals surface area contributed by atoms with Gasteiger partial charge in [-0.2, -0.15) is 0 Å². The van der Waals surface area contributed by atoms with Crippen LogP contribution in [0.2, 0.25) is 5.02 Å². The van der Waals surface area contributed by atoms with Crippen molar-refractivity contribution >= 4 is 11.6 Å². The van der Waals surface area contributed by atoms with Crippen molar-refractivity contribution in [3.8, 4) is 0 Å². The molecule has 12 heavy (non-hydrogen) atoms. The zero-order valence-corrected chi connectivity index (χ0v) is 8.44. The Morgan fingerprint density at radius 1 is 1.33 bits per heavy atom. The van der Waals surface area contributed by atoms with Gasteiger partial charge in [-0.05, 0) is 38.0 Å². The average Bonchev–Trinajstić information content (AvgIpc) is 1.82. The van der Waals surface area contributed by atoms with Gasteiger partial charge >= 0.3 is 0 Å². The summed E-state index contributed by atoms with van der Waals surface area (Å²) < 4.78 is 0. The maximum atomic E-state index is 6.03. The van der Waals surface area contributed by atoms with Crippen LogP contribution in [-0.2, 0) is 5.54 Å². The Balaban J connectivity index is 3.31. The van der Waals surface area contributed by atoms with Crippen molar-refractivity contribution in [3.05, 3.63) is 34.3 Å². The summed E-state index contributed by atoms with van der Waals surface area (Å²) in [5.41, 5.74) is 7.80. The Kier molecular flexibility index (Phi) is 2.45. The molecule has 66 valence electrons. The zero-order chi connectivity index (χ0) is 9.35. The summed E-state index contributed by atoms with van der Waals surface area (Å²) in [5, 5.41) is 0.752. The Labute approximate surface area is 78.5 Å². The van der Waals surface area contributed by atoms with Crippen molar-refractivity contribution in [2.75, 3.05) is 0 Å². The topological polar surface area (TPSA) is 26.0 Å². The van der Waals surface area contributed by atoms with Gasteiger partial charge in [-0.1, -0.05) is 23.7 Å². The van der Waals surface area contributed by atoms with Gasteiger partial charge in [-0.25, -0.2) is 0 Å². The number of aryl methyl sites for hydroxylation is 1. The Hall–Kier alpha value is -0.530. The monoisotopic (exact) mass is 183 g/mol. The number of hydrogen-bond acceptors (Lipinski definition) is 1. The SMILES string of the molecule is Cc1cccc(Cl)c1C(C)(C)N. The van der Waals surface area contributed by atoms with E-state index in [0.717, 1.165) is 16.1 Å². The minimum atomic E-state index is -0.359. The number of halogens is 1. The highest BCUT2D eigenvalue weighted by molar-refractivity contribution is 6.31. The van der Waals surface area contributed by atoms with Crippen LogP contribution in [0.1, 0.15) is 25.0 Å². The van der Waals surface area contributed by atoms with Crippen molar-refractivity contribution < 1.29 is 0 Å². The zero-order valence-electron chi connectivity index (χ0n) is 7.69. The van der Waals surface area contributed by atoms with E-state index in [9.17, 15) is 0 Å². The second kappa shape index (κ2) is 3.08. The summed E-state index contributed by atoms with van der Waals surface area (Å²) in [4.78, 5) is 0. The van der Waals surface area contributed by atoms with Crippen molar-refractivity contribution in [2.24, 2.45) is 5.73 Å². The average molecular weight is 184 g/mol. The lowest BCUT2D eigenvalue weighted by Gasteiger charge is -2.22. The number of benzene rings is 1. The molecule has 0 heterocycles. The first-order valence-electron chi connectivity index (χ1n) is 3.97. The summed E-state index contributed by atoms with van der Waals surface area (Å²) in [6.45, 7) is 5.94. The third-order valence-corrected chi connectivity index (χ3v) is 2.18.